The van der Waals surface area contributed by atoms with Crippen molar-refractivity contribution >= 4 is 17.4 Å². The molecule has 0 N–H and O–H groups in total. The minimum atomic E-state index is -0.850. The smallest absolute Gasteiger partial charge is 0.148 e. The van der Waals surface area contributed by atoms with Crippen LogP contribution in [-0.2, 0) is 11.2 Å². The Morgan fingerprint density at radius 2 is 2.08 bits per heavy atom. The van der Waals surface area contributed by atoms with Crippen molar-refractivity contribution in [3.63, 3.8) is 0 Å². The summed E-state index contributed by atoms with van der Waals surface area (Å²) in [6, 6.07) is 2.17. The minimum absolute atomic E-state index is 0.169. The fourth-order valence-corrected chi connectivity index (χ4v) is 1.16. The predicted molar refractivity (Wildman–Crippen MR) is 45.8 cm³/mol. The first-order chi connectivity index (χ1) is 6.02. The lowest BCUT2D eigenvalue weighted by Gasteiger charge is -2.03. The van der Waals surface area contributed by atoms with Crippen molar-refractivity contribution in [2.24, 2.45) is 0 Å². The molecule has 1 rings (SSSR count). The van der Waals surface area contributed by atoms with Gasteiger partial charge >= 0.3 is 0 Å². The van der Waals surface area contributed by atoms with Crippen LogP contribution in [0.25, 0.3) is 0 Å². The van der Waals surface area contributed by atoms with Crippen LogP contribution in [0.15, 0.2) is 12.1 Å². The number of rotatable bonds is 2. The zero-order chi connectivity index (χ0) is 10.0. The Bertz CT molecular complexity index is 350. The van der Waals surface area contributed by atoms with Gasteiger partial charge in [-0.05, 0) is 19.1 Å². The van der Waals surface area contributed by atoms with Crippen molar-refractivity contribution in [3.8, 4) is 0 Å². The molecule has 0 aliphatic heterocycles. The lowest BCUT2D eigenvalue weighted by Crippen LogP contribution is -2.03. The normalized spacial score (nSPS) is 10.2. The molecular formula is C9H7ClF2O. The zero-order valence-corrected chi connectivity index (χ0v) is 7.66. The van der Waals surface area contributed by atoms with E-state index in [4.69, 9.17) is 11.6 Å². The summed E-state index contributed by atoms with van der Waals surface area (Å²) >= 11 is 5.42. The standard InChI is InChI=1S/C9H7ClF2O/c1-5(13)4-6-8(11)3-2-7(10)9(6)12/h2-3H,4H2,1H3. The third-order valence-corrected chi connectivity index (χ3v) is 1.86. The zero-order valence-electron chi connectivity index (χ0n) is 6.90. The van der Waals surface area contributed by atoms with Gasteiger partial charge in [-0.2, -0.15) is 0 Å². The summed E-state index contributed by atoms with van der Waals surface area (Å²) in [5.74, 6) is -1.89. The molecule has 0 atom stereocenters. The number of hydrogen-bond acceptors (Lipinski definition) is 1. The highest BCUT2D eigenvalue weighted by molar-refractivity contribution is 6.30. The van der Waals surface area contributed by atoms with Crippen molar-refractivity contribution in [1.29, 1.82) is 0 Å². The second-order valence-corrected chi connectivity index (χ2v) is 3.11. The highest BCUT2D eigenvalue weighted by Crippen LogP contribution is 2.21. The highest BCUT2D eigenvalue weighted by Gasteiger charge is 2.13. The molecule has 0 radical (unpaired) electrons. The summed E-state index contributed by atoms with van der Waals surface area (Å²) in [6.45, 7) is 1.26. The molecule has 0 heterocycles. The Morgan fingerprint density at radius 3 is 2.62 bits per heavy atom. The van der Waals surface area contributed by atoms with Crippen LogP contribution < -0.4 is 0 Å². The number of ketones is 1. The molecule has 0 saturated carbocycles. The average molecular weight is 205 g/mol. The molecule has 0 fully saturated rings. The fraction of sp³-hybridized carbons (Fsp3) is 0.222. The van der Waals surface area contributed by atoms with E-state index in [0.29, 0.717) is 0 Å². The fourth-order valence-electron chi connectivity index (χ4n) is 0.980. The number of halogens is 3. The van der Waals surface area contributed by atoms with Crippen LogP contribution in [-0.4, -0.2) is 5.78 Å². The summed E-state index contributed by atoms with van der Waals surface area (Å²) in [5, 5.41) is -0.169. The van der Waals surface area contributed by atoms with Gasteiger partial charge in [0, 0.05) is 12.0 Å². The van der Waals surface area contributed by atoms with Crippen molar-refractivity contribution in [2.45, 2.75) is 13.3 Å². The number of carbonyl (C=O) groups excluding carboxylic acids is 1. The Balaban J connectivity index is 3.17. The molecule has 0 aromatic heterocycles. The Kier molecular flexibility index (Phi) is 2.98. The maximum absolute atomic E-state index is 13.1. The molecule has 4 heteroatoms. The van der Waals surface area contributed by atoms with E-state index in [1.54, 1.807) is 0 Å². The summed E-state index contributed by atoms with van der Waals surface area (Å²) in [4.78, 5) is 10.7. The van der Waals surface area contributed by atoms with E-state index in [-0.39, 0.29) is 22.8 Å². The molecule has 0 aliphatic rings. The lowest BCUT2D eigenvalue weighted by molar-refractivity contribution is -0.116. The summed E-state index contributed by atoms with van der Waals surface area (Å²) in [5.41, 5.74) is -0.264. The van der Waals surface area contributed by atoms with Gasteiger partial charge in [0.05, 0.1) is 5.02 Å². The topological polar surface area (TPSA) is 17.1 Å². The molecule has 0 bridgehead atoms. The first kappa shape index (κ1) is 10.1. The second-order valence-electron chi connectivity index (χ2n) is 2.70. The van der Waals surface area contributed by atoms with Crippen molar-refractivity contribution in [3.05, 3.63) is 34.4 Å². The van der Waals surface area contributed by atoms with Crippen molar-refractivity contribution in [1.82, 2.24) is 0 Å². The second kappa shape index (κ2) is 3.83. The van der Waals surface area contributed by atoms with Crippen molar-refractivity contribution in [2.75, 3.05) is 0 Å². The molecule has 70 valence electrons. The third-order valence-electron chi connectivity index (χ3n) is 1.56. The van der Waals surface area contributed by atoms with Crippen LogP contribution in [0.3, 0.4) is 0 Å². The van der Waals surface area contributed by atoms with Gasteiger partial charge < -0.3 is 0 Å². The van der Waals surface area contributed by atoms with E-state index in [1.807, 2.05) is 0 Å². The van der Waals surface area contributed by atoms with Gasteiger partial charge in [-0.3, -0.25) is 4.79 Å². The minimum Gasteiger partial charge on any atom is -0.300 e. The SMILES string of the molecule is CC(=O)Cc1c(F)ccc(Cl)c1F. The highest BCUT2D eigenvalue weighted by atomic mass is 35.5. The first-order valence-corrected chi connectivity index (χ1v) is 4.02. The van der Waals surface area contributed by atoms with Gasteiger partial charge in [0.15, 0.2) is 0 Å². The monoisotopic (exact) mass is 204 g/mol. The molecule has 1 aromatic rings. The molecule has 1 aromatic carbocycles. The molecule has 1 nitrogen and oxygen atoms in total. The molecule has 13 heavy (non-hydrogen) atoms. The van der Waals surface area contributed by atoms with Crippen molar-refractivity contribution < 1.29 is 13.6 Å². The predicted octanol–water partition coefficient (Wildman–Crippen LogP) is 2.75. The summed E-state index contributed by atoms with van der Waals surface area (Å²) < 4.78 is 26.0. The van der Waals surface area contributed by atoms with E-state index in [0.717, 1.165) is 12.1 Å². The molecule has 0 amide bonds. The molecule has 0 saturated heterocycles. The Hall–Kier alpha value is -0.960. The van der Waals surface area contributed by atoms with Crippen LogP contribution in [0.5, 0.6) is 0 Å². The number of benzene rings is 1. The van der Waals surface area contributed by atoms with Crippen LogP contribution >= 0.6 is 11.6 Å². The quantitative estimate of drug-likeness (QED) is 0.677. The largest absolute Gasteiger partial charge is 0.300 e. The molecule has 0 unspecified atom stereocenters. The Labute approximate surface area is 79.3 Å². The van der Waals surface area contributed by atoms with Crippen LogP contribution in [0.1, 0.15) is 12.5 Å². The maximum Gasteiger partial charge on any atom is 0.148 e. The van der Waals surface area contributed by atoms with E-state index in [1.165, 1.54) is 6.92 Å². The number of hydrogen-bond donors (Lipinski definition) is 0. The summed E-state index contributed by atoms with van der Waals surface area (Å²) in [7, 11) is 0. The molecule has 0 aliphatic carbocycles. The van der Waals surface area contributed by atoms with E-state index in [9.17, 15) is 13.6 Å². The Morgan fingerprint density at radius 1 is 1.46 bits per heavy atom. The van der Waals surface area contributed by atoms with Gasteiger partial charge in [-0.25, -0.2) is 8.78 Å². The van der Waals surface area contributed by atoms with Gasteiger partial charge in [0.25, 0.3) is 0 Å². The third kappa shape index (κ3) is 2.25. The van der Waals surface area contributed by atoms with E-state index >= 15 is 0 Å². The van der Waals surface area contributed by atoms with Crippen LogP contribution in [0.2, 0.25) is 5.02 Å². The maximum atomic E-state index is 13.1. The average Bonchev–Trinajstić information content (AvgIpc) is 2.05. The van der Waals surface area contributed by atoms with E-state index < -0.39 is 11.6 Å². The van der Waals surface area contributed by atoms with E-state index in [2.05, 4.69) is 0 Å². The number of carbonyl (C=O) groups is 1. The lowest BCUT2D eigenvalue weighted by atomic mass is 10.1. The van der Waals surface area contributed by atoms with Crippen LogP contribution in [0.4, 0.5) is 8.78 Å². The molecule has 0 spiro atoms. The van der Waals surface area contributed by atoms with Gasteiger partial charge in [0.2, 0.25) is 0 Å². The summed E-state index contributed by atoms with van der Waals surface area (Å²) in [6.07, 6.45) is -0.266. The first-order valence-electron chi connectivity index (χ1n) is 3.64. The van der Waals surface area contributed by atoms with Gasteiger partial charge in [-0.1, -0.05) is 11.6 Å². The van der Waals surface area contributed by atoms with Gasteiger partial charge in [-0.15, -0.1) is 0 Å². The van der Waals surface area contributed by atoms with Gasteiger partial charge in [0.1, 0.15) is 17.4 Å². The molecular weight excluding hydrogens is 198 g/mol. The van der Waals surface area contributed by atoms with Crippen LogP contribution in [0, 0.1) is 11.6 Å². The number of Topliss-reactive ketones (excluding diaryl/α,β-unsaturated/α-hetero) is 1.